The third-order valence-electron chi connectivity index (χ3n) is 3.40. The van der Waals surface area contributed by atoms with Crippen LogP contribution in [-0.4, -0.2) is 26.5 Å². The minimum absolute atomic E-state index is 0.146. The van der Waals surface area contributed by atoms with E-state index in [9.17, 15) is 9.18 Å². The van der Waals surface area contributed by atoms with E-state index in [0.717, 1.165) is 11.3 Å². The molecule has 1 aromatic heterocycles. The molecule has 0 aliphatic heterocycles. The number of halogens is 1. The van der Waals surface area contributed by atoms with E-state index >= 15 is 0 Å². The van der Waals surface area contributed by atoms with E-state index in [1.165, 1.54) is 28.6 Å². The van der Waals surface area contributed by atoms with Crippen molar-refractivity contribution in [2.24, 2.45) is 0 Å². The maximum absolute atomic E-state index is 13.0. The van der Waals surface area contributed by atoms with E-state index in [4.69, 9.17) is 5.84 Å². The number of aryl methyl sites for hydroxylation is 1. The first kappa shape index (κ1) is 17.0. The van der Waals surface area contributed by atoms with E-state index < -0.39 is 0 Å². The molecule has 3 aromatic rings. The number of nitrogens with one attached hydrogen (secondary N) is 1. The van der Waals surface area contributed by atoms with E-state index in [1.807, 2.05) is 31.2 Å². The largest absolute Gasteiger partial charge is 0.335 e. The quantitative estimate of drug-likeness (QED) is 0.542. The Kier molecular flexibility index (Phi) is 4.99. The van der Waals surface area contributed by atoms with Gasteiger partial charge < -0.3 is 11.2 Å². The summed E-state index contributed by atoms with van der Waals surface area (Å²) in [5.74, 6) is 6.02. The number of rotatable bonds is 5. The second-order valence-electron chi connectivity index (χ2n) is 5.39. The van der Waals surface area contributed by atoms with Crippen LogP contribution in [0.4, 0.5) is 10.1 Å². The molecule has 0 fully saturated rings. The van der Waals surface area contributed by atoms with Crippen LogP contribution in [0.15, 0.2) is 53.7 Å². The predicted molar refractivity (Wildman–Crippen MR) is 96.1 cm³/mol. The summed E-state index contributed by atoms with van der Waals surface area (Å²) in [6.45, 7) is 1.96. The van der Waals surface area contributed by atoms with Gasteiger partial charge in [-0.1, -0.05) is 23.9 Å². The smallest absolute Gasteiger partial charge is 0.234 e. The fraction of sp³-hybridized carbons (Fsp3) is 0.118. The van der Waals surface area contributed by atoms with Gasteiger partial charge in [0, 0.05) is 11.3 Å². The number of carbonyl (C=O) groups is 1. The summed E-state index contributed by atoms with van der Waals surface area (Å²) in [5.41, 5.74) is 2.45. The molecule has 0 atom stereocenters. The first-order valence-corrected chi connectivity index (χ1v) is 8.47. The molecular weight excluding hydrogens is 341 g/mol. The summed E-state index contributed by atoms with van der Waals surface area (Å²) in [6, 6.07) is 13.3. The Morgan fingerprint density at radius 3 is 2.72 bits per heavy atom. The maximum atomic E-state index is 13.0. The lowest BCUT2D eigenvalue weighted by Gasteiger charge is -2.06. The second-order valence-corrected chi connectivity index (χ2v) is 6.33. The molecular formula is C17H16FN5OS. The van der Waals surface area contributed by atoms with Gasteiger partial charge in [0.2, 0.25) is 11.1 Å². The van der Waals surface area contributed by atoms with Crippen LogP contribution >= 0.6 is 11.8 Å². The number of hydrogen-bond acceptors (Lipinski definition) is 5. The van der Waals surface area contributed by atoms with Crippen molar-refractivity contribution in [3.63, 3.8) is 0 Å². The van der Waals surface area contributed by atoms with Crippen molar-refractivity contribution in [1.29, 1.82) is 0 Å². The van der Waals surface area contributed by atoms with Crippen molar-refractivity contribution in [2.75, 3.05) is 16.9 Å². The van der Waals surface area contributed by atoms with Gasteiger partial charge in [-0.3, -0.25) is 4.79 Å². The van der Waals surface area contributed by atoms with E-state index in [2.05, 4.69) is 15.5 Å². The highest BCUT2D eigenvalue weighted by molar-refractivity contribution is 7.99. The lowest BCUT2D eigenvalue weighted by molar-refractivity contribution is -0.113. The molecule has 8 heteroatoms. The van der Waals surface area contributed by atoms with E-state index in [-0.39, 0.29) is 17.5 Å². The third-order valence-corrected chi connectivity index (χ3v) is 4.34. The van der Waals surface area contributed by atoms with Gasteiger partial charge in [-0.15, -0.1) is 10.2 Å². The first-order valence-electron chi connectivity index (χ1n) is 7.48. The summed E-state index contributed by atoms with van der Waals surface area (Å²) in [7, 11) is 0. The molecule has 2 aromatic carbocycles. The fourth-order valence-electron chi connectivity index (χ4n) is 2.22. The number of nitrogen functional groups attached to an aromatic ring is 1. The third kappa shape index (κ3) is 4.16. The Bertz CT molecular complexity index is 894. The molecule has 1 heterocycles. The summed E-state index contributed by atoms with van der Waals surface area (Å²) in [6.07, 6.45) is 0. The number of anilines is 1. The molecule has 3 rings (SSSR count). The molecule has 0 saturated carbocycles. The van der Waals surface area contributed by atoms with Gasteiger partial charge in [0.15, 0.2) is 5.82 Å². The van der Waals surface area contributed by atoms with Crippen molar-refractivity contribution in [3.8, 4) is 11.4 Å². The molecule has 1 amide bonds. The van der Waals surface area contributed by atoms with Gasteiger partial charge >= 0.3 is 0 Å². The van der Waals surface area contributed by atoms with Crippen molar-refractivity contribution in [3.05, 3.63) is 59.9 Å². The molecule has 6 nitrogen and oxygen atoms in total. The SMILES string of the molecule is Cc1cccc(NC(=O)CSc2nnc(-c3ccc(F)cc3)n2N)c1. The first-order chi connectivity index (χ1) is 12.0. The zero-order valence-electron chi connectivity index (χ0n) is 13.4. The number of aromatic nitrogens is 3. The second kappa shape index (κ2) is 7.35. The van der Waals surface area contributed by atoms with Gasteiger partial charge in [0.1, 0.15) is 5.82 Å². The van der Waals surface area contributed by atoms with Gasteiger partial charge in [-0.25, -0.2) is 9.07 Å². The number of carbonyl (C=O) groups excluding carboxylic acids is 1. The molecule has 0 unspecified atom stereocenters. The minimum Gasteiger partial charge on any atom is -0.335 e. The van der Waals surface area contributed by atoms with Crippen LogP contribution in [0, 0.1) is 12.7 Å². The number of nitrogens with two attached hydrogens (primary N) is 1. The van der Waals surface area contributed by atoms with Crippen molar-refractivity contribution in [2.45, 2.75) is 12.1 Å². The standard InChI is InChI=1S/C17H16FN5OS/c1-11-3-2-4-14(9-11)20-15(24)10-25-17-22-21-16(23(17)19)12-5-7-13(18)8-6-12/h2-9H,10,19H2,1H3,(H,20,24). The van der Waals surface area contributed by atoms with Gasteiger partial charge in [-0.2, -0.15) is 0 Å². The van der Waals surface area contributed by atoms with Crippen LogP contribution in [0.1, 0.15) is 5.56 Å². The summed E-state index contributed by atoms with van der Waals surface area (Å²) >= 11 is 1.18. The molecule has 0 aliphatic carbocycles. The molecule has 0 radical (unpaired) electrons. The maximum Gasteiger partial charge on any atom is 0.234 e. The number of thioether (sulfide) groups is 1. The molecule has 128 valence electrons. The van der Waals surface area contributed by atoms with E-state index in [1.54, 1.807) is 12.1 Å². The number of nitrogens with zero attached hydrogens (tertiary/aromatic N) is 3. The molecule has 0 bridgehead atoms. The molecule has 0 spiro atoms. The number of amides is 1. The lowest BCUT2D eigenvalue weighted by Crippen LogP contribution is -2.16. The monoisotopic (exact) mass is 357 g/mol. The Balaban J connectivity index is 1.64. The predicted octanol–water partition coefficient (Wildman–Crippen LogP) is 2.84. The summed E-state index contributed by atoms with van der Waals surface area (Å²) in [4.78, 5) is 12.1. The minimum atomic E-state index is -0.339. The average Bonchev–Trinajstić information content (AvgIpc) is 2.94. The zero-order chi connectivity index (χ0) is 17.8. The van der Waals surface area contributed by atoms with Crippen LogP contribution in [0.3, 0.4) is 0 Å². The number of benzene rings is 2. The van der Waals surface area contributed by atoms with Crippen molar-refractivity contribution < 1.29 is 9.18 Å². The van der Waals surface area contributed by atoms with Gasteiger partial charge in [0.25, 0.3) is 0 Å². The molecule has 25 heavy (non-hydrogen) atoms. The van der Waals surface area contributed by atoms with Crippen LogP contribution in [0.5, 0.6) is 0 Å². The van der Waals surface area contributed by atoms with Crippen LogP contribution in [0.25, 0.3) is 11.4 Å². The number of hydrogen-bond donors (Lipinski definition) is 2. The van der Waals surface area contributed by atoms with Crippen LogP contribution in [0.2, 0.25) is 0 Å². The average molecular weight is 357 g/mol. The molecule has 3 N–H and O–H groups in total. The van der Waals surface area contributed by atoms with Gasteiger partial charge in [0.05, 0.1) is 5.75 Å². The highest BCUT2D eigenvalue weighted by atomic mass is 32.2. The van der Waals surface area contributed by atoms with Gasteiger partial charge in [-0.05, 0) is 48.9 Å². The molecule has 0 saturated heterocycles. The van der Waals surface area contributed by atoms with Crippen molar-refractivity contribution in [1.82, 2.24) is 14.9 Å². The lowest BCUT2D eigenvalue weighted by atomic mass is 10.2. The van der Waals surface area contributed by atoms with Crippen LogP contribution < -0.4 is 11.2 Å². The zero-order valence-corrected chi connectivity index (χ0v) is 14.3. The Morgan fingerprint density at radius 1 is 1.24 bits per heavy atom. The Morgan fingerprint density at radius 2 is 2.00 bits per heavy atom. The highest BCUT2D eigenvalue weighted by Crippen LogP contribution is 2.22. The molecule has 0 aliphatic rings. The fourth-order valence-corrected chi connectivity index (χ4v) is 2.88. The Hall–Kier alpha value is -2.87. The summed E-state index contributed by atoms with van der Waals surface area (Å²) in [5, 5.41) is 11.2. The van der Waals surface area contributed by atoms with Crippen molar-refractivity contribution >= 4 is 23.4 Å². The highest BCUT2D eigenvalue weighted by Gasteiger charge is 2.14. The Labute approximate surface area is 148 Å². The van der Waals surface area contributed by atoms with E-state index in [0.29, 0.717) is 16.5 Å². The van der Waals surface area contributed by atoms with Crippen LogP contribution in [-0.2, 0) is 4.79 Å². The summed E-state index contributed by atoms with van der Waals surface area (Å²) < 4.78 is 14.3. The normalized spacial score (nSPS) is 10.6. The topological polar surface area (TPSA) is 85.8 Å².